The van der Waals surface area contributed by atoms with Gasteiger partial charge in [0, 0.05) is 35.6 Å². The van der Waals surface area contributed by atoms with Gasteiger partial charge in [-0.3, -0.25) is 0 Å². The minimum absolute atomic E-state index is 0.0969. The average Bonchev–Trinajstić information content (AvgIpc) is 3.40. The van der Waals surface area contributed by atoms with E-state index in [9.17, 15) is 9.90 Å². The van der Waals surface area contributed by atoms with Gasteiger partial charge >= 0.3 is 5.97 Å². The fraction of sp³-hybridized carbons (Fsp3) is 0.250. The Morgan fingerprint density at radius 1 is 1.32 bits per heavy atom. The smallest absolute Gasteiger partial charge is 0.333 e. The third-order valence-electron chi connectivity index (χ3n) is 4.80. The van der Waals surface area contributed by atoms with Gasteiger partial charge in [0.1, 0.15) is 11.5 Å². The lowest BCUT2D eigenvalue weighted by molar-refractivity contribution is -0.148. The van der Waals surface area contributed by atoms with Crippen LogP contribution in [-0.2, 0) is 22.4 Å². The molecule has 4 rings (SSSR count). The average molecular weight is 442 g/mol. The Morgan fingerprint density at radius 3 is 2.87 bits per heavy atom. The van der Waals surface area contributed by atoms with E-state index in [-0.39, 0.29) is 36.4 Å². The molecule has 0 saturated heterocycles. The maximum absolute atomic E-state index is 11.4. The highest BCUT2D eigenvalue weighted by atomic mass is 32.1. The monoisotopic (exact) mass is 441 g/mol. The summed E-state index contributed by atoms with van der Waals surface area (Å²) in [5, 5.41) is 11.8. The third-order valence-corrected chi connectivity index (χ3v) is 5.79. The van der Waals surface area contributed by atoms with Gasteiger partial charge in [0.05, 0.1) is 17.7 Å². The third kappa shape index (κ3) is 4.62. The van der Waals surface area contributed by atoms with Crippen LogP contribution in [0.25, 0.3) is 21.5 Å². The molecule has 0 saturated carbocycles. The number of methoxy groups -OCH3 is 1. The molecule has 0 aliphatic carbocycles. The van der Waals surface area contributed by atoms with Gasteiger partial charge < -0.3 is 19.0 Å². The van der Waals surface area contributed by atoms with Crippen LogP contribution in [0.1, 0.15) is 22.5 Å². The van der Waals surface area contributed by atoms with Crippen molar-refractivity contribution in [3.8, 4) is 17.2 Å². The zero-order chi connectivity index (χ0) is 25.3. The predicted molar refractivity (Wildman–Crippen MR) is 120 cm³/mol. The fourth-order valence-corrected chi connectivity index (χ4v) is 4.11. The van der Waals surface area contributed by atoms with Crippen LogP contribution < -0.4 is 4.74 Å². The predicted octanol–water partition coefficient (Wildman–Crippen LogP) is 5.13. The van der Waals surface area contributed by atoms with E-state index in [1.165, 1.54) is 30.6 Å². The first kappa shape index (κ1) is 16.5. The Hall–Kier alpha value is -3.16. The maximum Gasteiger partial charge on any atom is 0.333 e. The molecule has 2 aromatic carbocycles. The molecule has 7 heteroatoms. The van der Waals surface area contributed by atoms with Gasteiger partial charge in [0.25, 0.3) is 0 Å². The molecule has 0 fully saturated rings. The summed E-state index contributed by atoms with van der Waals surface area (Å²) in [5.41, 5.74) is 1.35. The van der Waals surface area contributed by atoms with Crippen LogP contribution >= 0.6 is 11.3 Å². The van der Waals surface area contributed by atoms with Crippen molar-refractivity contribution in [1.82, 2.24) is 4.98 Å². The summed E-state index contributed by atoms with van der Waals surface area (Å²) >= 11 is 1.41. The van der Waals surface area contributed by atoms with Gasteiger partial charge in [-0.15, -0.1) is 11.3 Å². The van der Waals surface area contributed by atoms with Gasteiger partial charge in [0.15, 0.2) is 6.10 Å². The Morgan fingerprint density at radius 2 is 2.13 bits per heavy atom. The van der Waals surface area contributed by atoms with Crippen LogP contribution in [0, 0.1) is 6.92 Å². The standard InChI is InChI=1S/C24H23NO5S/c1-15-19(25-23(30-15)16-6-4-3-5-7-16)10-12-29-20-9-8-17(14-21(28-2)24(26)27)22-18(20)11-13-31-22/h3-9,11,13,21H,10,12,14H2,1-2H3,(H,26,27)/t21-/m0/s1/i6D,7D,12D2. The first-order valence-electron chi connectivity index (χ1n) is 11.6. The van der Waals surface area contributed by atoms with Crippen molar-refractivity contribution < 1.29 is 29.3 Å². The lowest BCUT2D eigenvalue weighted by atomic mass is 10.1. The highest BCUT2D eigenvalue weighted by Crippen LogP contribution is 2.34. The number of carboxylic acids is 1. The van der Waals surface area contributed by atoms with E-state index in [0.717, 1.165) is 10.3 Å². The minimum atomic E-state index is -2.14. The van der Waals surface area contributed by atoms with Crippen LogP contribution in [0.5, 0.6) is 5.75 Å². The zero-order valence-corrected chi connectivity index (χ0v) is 17.8. The number of fused-ring (bicyclic) bond motifs is 1. The molecule has 2 aromatic heterocycles. The number of carboxylic acid groups (broad SMARTS) is 1. The number of aryl methyl sites for hydroxylation is 2. The molecule has 0 amide bonds. The second kappa shape index (κ2) is 9.32. The molecule has 0 aliphatic rings. The van der Waals surface area contributed by atoms with E-state index in [4.69, 9.17) is 19.4 Å². The summed E-state index contributed by atoms with van der Waals surface area (Å²) < 4.78 is 50.3. The lowest BCUT2D eigenvalue weighted by Crippen LogP contribution is -2.24. The van der Waals surface area contributed by atoms with Gasteiger partial charge in [-0.05, 0) is 42.1 Å². The quantitative estimate of drug-likeness (QED) is 0.388. The molecule has 0 aliphatic heterocycles. The van der Waals surface area contributed by atoms with E-state index in [0.29, 0.717) is 22.6 Å². The maximum atomic E-state index is 11.4. The number of aromatic nitrogens is 1. The molecule has 160 valence electrons. The molecular weight excluding hydrogens is 414 g/mol. The normalized spacial score (nSPS) is 14.5. The lowest BCUT2D eigenvalue weighted by Gasteiger charge is -2.13. The fourth-order valence-electron chi connectivity index (χ4n) is 3.17. The number of carbonyl (C=O) groups is 1. The first-order chi connectivity index (χ1) is 16.6. The van der Waals surface area contributed by atoms with Gasteiger partial charge in [-0.25, -0.2) is 9.78 Å². The number of benzene rings is 2. The van der Waals surface area contributed by atoms with Crippen molar-refractivity contribution in [3.63, 3.8) is 0 Å². The molecule has 0 spiro atoms. The number of ether oxygens (including phenoxy) is 2. The Kier molecular flexibility index (Phi) is 4.97. The van der Waals surface area contributed by atoms with Crippen LogP contribution in [0.3, 0.4) is 0 Å². The summed E-state index contributed by atoms with van der Waals surface area (Å²) in [5.74, 6) is -0.252. The molecule has 31 heavy (non-hydrogen) atoms. The number of oxazole rings is 1. The Bertz CT molecular complexity index is 1360. The highest BCUT2D eigenvalue weighted by molar-refractivity contribution is 7.17. The molecule has 0 bridgehead atoms. The van der Waals surface area contributed by atoms with Crippen LogP contribution in [-0.4, -0.2) is 35.8 Å². The van der Waals surface area contributed by atoms with Crippen molar-refractivity contribution in [1.29, 1.82) is 0 Å². The van der Waals surface area contributed by atoms with E-state index >= 15 is 0 Å². The van der Waals surface area contributed by atoms with Crippen LogP contribution in [0.15, 0.2) is 58.3 Å². The number of hydrogen-bond acceptors (Lipinski definition) is 6. The summed E-state index contributed by atoms with van der Waals surface area (Å²) in [6.45, 7) is -0.492. The largest absolute Gasteiger partial charge is 0.493 e. The summed E-state index contributed by atoms with van der Waals surface area (Å²) in [4.78, 5) is 15.7. The number of thiophene rings is 1. The number of rotatable bonds is 9. The first-order valence-corrected chi connectivity index (χ1v) is 10.4. The second-order valence-corrected chi connectivity index (χ2v) is 7.70. The summed E-state index contributed by atoms with van der Waals surface area (Å²) in [7, 11) is 1.35. The van der Waals surface area contributed by atoms with Gasteiger partial charge in [0.2, 0.25) is 5.89 Å². The number of aliphatic carboxylic acids is 1. The molecule has 0 radical (unpaired) electrons. The van der Waals surface area contributed by atoms with Gasteiger partial charge in [-0.2, -0.15) is 0 Å². The van der Waals surface area contributed by atoms with E-state index in [1.54, 1.807) is 31.2 Å². The van der Waals surface area contributed by atoms with Crippen molar-refractivity contribution in [2.45, 2.75) is 25.9 Å². The molecule has 2 heterocycles. The van der Waals surface area contributed by atoms with E-state index in [1.807, 2.05) is 5.38 Å². The topological polar surface area (TPSA) is 81.8 Å². The van der Waals surface area contributed by atoms with Crippen LogP contribution in [0.4, 0.5) is 0 Å². The molecule has 1 atom stereocenters. The van der Waals surface area contributed by atoms with Crippen molar-refractivity contribution in [3.05, 3.63) is 70.9 Å². The molecular formula is C24H23NO5S. The van der Waals surface area contributed by atoms with Crippen molar-refractivity contribution in [2.24, 2.45) is 0 Å². The Labute approximate surface area is 189 Å². The molecule has 0 unspecified atom stereocenters. The minimum Gasteiger partial charge on any atom is -0.493 e. The number of nitrogens with zero attached hydrogens (tertiary/aromatic N) is 1. The molecule has 6 nitrogen and oxygen atoms in total. The zero-order valence-electron chi connectivity index (χ0n) is 21.0. The molecule has 4 aromatic rings. The second-order valence-electron chi connectivity index (χ2n) is 6.79. The SMILES string of the molecule is [2H]c1cccc([2H])c1-c1nc(CC([2H])([2H])Oc2ccc(C[C@H](OC)C(=O)O)c3sccc23)c(C)o1. The van der Waals surface area contributed by atoms with Crippen molar-refractivity contribution >= 4 is 27.4 Å². The number of hydrogen-bond donors (Lipinski definition) is 1. The van der Waals surface area contributed by atoms with E-state index in [2.05, 4.69) is 4.98 Å². The summed E-state index contributed by atoms with van der Waals surface area (Å²) in [6.07, 6.45) is -1.03. The molecule has 1 N–H and O–H groups in total. The van der Waals surface area contributed by atoms with E-state index < -0.39 is 18.6 Å². The Balaban J connectivity index is 1.58. The van der Waals surface area contributed by atoms with Crippen molar-refractivity contribution in [2.75, 3.05) is 13.7 Å². The summed E-state index contributed by atoms with van der Waals surface area (Å²) in [6, 6.07) is 10.0. The highest BCUT2D eigenvalue weighted by Gasteiger charge is 2.19. The van der Waals surface area contributed by atoms with Gasteiger partial charge in [-0.1, -0.05) is 24.3 Å². The van der Waals surface area contributed by atoms with Crippen LogP contribution in [0.2, 0.25) is 0 Å².